The number of aryl methyl sites for hydroxylation is 1. The lowest BCUT2D eigenvalue weighted by atomic mass is 10.2. The fraction of sp³-hybridized carbons (Fsp3) is 0.400. The summed E-state index contributed by atoms with van der Waals surface area (Å²) in [6, 6.07) is 3.42. The number of amidine groups is 1. The van der Waals surface area contributed by atoms with Crippen LogP contribution in [0.25, 0.3) is 0 Å². The molecular weight excluding hydrogens is 258 g/mol. The van der Waals surface area contributed by atoms with Gasteiger partial charge in [0.2, 0.25) is 0 Å². The average molecular weight is 273 g/mol. The highest BCUT2D eigenvalue weighted by atomic mass is 32.2. The van der Waals surface area contributed by atoms with Gasteiger partial charge in [-0.3, -0.25) is 5.41 Å². The van der Waals surface area contributed by atoms with E-state index in [4.69, 9.17) is 11.1 Å². The van der Waals surface area contributed by atoms with Crippen molar-refractivity contribution in [2.24, 2.45) is 5.73 Å². The summed E-state index contributed by atoms with van der Waals surface area (Å²) < 4.78 is 22.0. The molecule has 94 valence electrons. The Morgan fingerprint density at radius 1 is 1.53 bits per heavy atom. The first kappa shape index (κ1) is 14.0. The lowest BCUT2D eigenvalue weighted by Gasteiger charge is -2.05. The molecule has 0 aliphatic carbocycles. The molecule has 0 saturated heterocycles. The predicted octanol–water partition coefficient (Wildman–Crippen LogP) is 0.811. The molecular formula is C10H15N3O2S2. The van der Waals surface area contributed by atoms with Crippen LogP contribution in [0.2, 0.25) is 0 Å². The third-order valence-electron chi connectivity index (χ3n) is 1.94. The van der Waals surface area contributed by atoms with E-state index in [1.807, 2.05) is 6.92 Å². The molecule has 3 N–H and O–H groups in total. The van der Waals surface area contributed by atoms with Gasteiger partial charge in [0.15, 0.2) is 0 Å². The minimum absolute atomic E-state index is 0.0135. The minimum Gasteiger partial charge on any atom is -0.384 e. The summed E-state index contributed by atoms with van der Waals surface area (Å²) in [6.07, 6.45) is 1.21. The topological polar surface area (TPSA) is 96.9 Å². The summed E-state index contributed by atoms with van der Waals surface area (Å²) in [5.41, 5.74) is 6.77. The van der Waals surface area contributed by atoms with Crippen LogP contribution in [-0.4, -0.2) is 37.0 Å². The SMILES string of the molecule is Cc1cc(C(=N)N)cc(SCCS(C)(=O)=O)n1. The van der Waals surface area contributed by atoms with E-state index in [2.05, 4.69) is 4.98 Å². The number of nitrogens with zero attached hydrogens (tertiary/aromatic N) is 1. The molecule has 1 aromatic heterocycles. The van der Waals surface area contributed by atoms with Crippen molar-refractivity contribution in [2.75, 3.05) is 17.8 Å². The Bertz CT molecular complexity index is 526. The number of sulfone groups is 1. The molecule has 0 aromatic carbocycles. The van der Waals surface area contributed by atoms with Gasteiger partial charge in [-0.25, -0.2) is 13.4 Å². The molecule has 5 nitrogen and oxygen atoms in total. The highest BCUT2D eigenvalue weighted by molar-refractivity contribution is 8.00. The Hall–Kier alpha value is -1.08. The molecule has 0 saturated carbocycles. The van der Waals surface area contributed by atoms with E-state index < -0.39 is 9.84 Å². The standard InChI is InChI=1S/C10H15N3O2S2/c1-7-5-8(10(11)12)6-9(13-7)16-3-4-17(2,14)15/h5-6H,3-4H2,1-2H3,(H3,11,12). The van der Waals surface area contributed by atoms with Crippen LogP contribution in [0.15, 0.2) is 17.2 Å². The number of nitrogens with two attached hydrogens (primary N) is 1. The zero-order chi connectivity index (χ0) is 13.1. The zero-order valence-corrected chi connectivity index (χ0v) is 11.4. The lowest BCUT2D eigenvalue weighted by molar-refractivity contribution is 0.603. The molecule has 0 unspecified atom stereocenters. The number of pyridine rings is 1. The summed E-state index contributed by atoms with van der Waals surface area (Å²) in [6.45, 7) is 1.81. The van der Waals surface area contributed by atoms with E-state index in [-0.39, 0.29) is 11.6 Å². The Morgan fingerprint density at radius 3 is 2.71 bits per heavy atom. The van der Waals surface area contributed by atoms with E-state index in [1.54, 1.807) is 12.1 Å². The zero-order valence-electron chi connectivity index (χ0n) is 9.73. The smallest absolute Gasteiger partial charge is 0.148 e. The van der Waals surface area contributed by atoms with Crippen molar-refractivity contribution in [2.45, 2.75) is 11.9 Å². The highest BCUT2D eigenvalue weighted by Crippen LogP contribution is 2.18. The van der Waals surface area contributed by atoms with Crippen LogP contribution in [0, 0.1) is 12.3 Å². The van der Waals surface area contributed by atoms with Crippen molar-refractivity contribution in [3.05, 3.63) is 23.4 Å². The number of thioether (sulfide) groups is 1. The summed E-state index contributed by atoms with van der Waals surface area (Å²) in [5, 5.41) is 8.04. The number of rotatable bonds is 5. The lowest BCUT2D eigenvalue weighted by Crippen LogP contribution is -2.12. The van der Waals surface area contributed by atoms with Crippen molar-refractivity contribution >= 4 is 27.4 Å². The molecule has 0 amide bonds. The highest BCUT2D eigenvalue weighted by Gasteiger charge is 2.06. The third kappa shape index (κ3) is 5.18. The van der Waals surface area contributed by atoms with E-state index >= 15 is 0 Å². The molecule has 1 heterocycles. The Balaban J connectivity index is 2.75. The fourth-order valence-corrected chi connectivity index (χ4v) is 3.34. The van der Waals surface area contributed by atoms with Gasteiger partial charge in [0.25, 0.3) is 0 Å². The predicted molar refractivity (Wildman–Crippen MR) is 70.4 cm³/mol. The van der Waals surface area contributed by atoms with Gasteiger partial charge in [0.05, 0.1) is 10.8 Å². The largest absolute Gasteiger partial charge is 0.384 e. The average Bonchev–Trinajstić information content (AvgIpc) is 2.14. The van der Waals surface area contributed by atoms with E-state index in [9.17, 15) is 8.42 Å². The first-order valence-corrected chi connectivity index (χ1v) is 7.96. The van der Waals surface area contributed by atoms with Crippen LogP contribution in [0.5, 0.6) is 0 Å². The maximum atomic E-state index is 11.0. The molecule has 0 aliphatic heterocycles. The molecule has 17 heavy (non-hydrogen) atoms. The van der Waals surface area contributed by atoms with E-state index in [0.717, 1.165) is 5.69 Å². The molecule has 0 bridgehead atoms. The van der Waals surface area contributed by atoms with Gasteiger partial charge in [0, 0.05) is 23.3 Å². The van der Waals surface area contributed by atoms with Crippen LogP contribution in [-0.2, 0) is 9.84 Å². The van der Waals surface area contributed by atoms with Gasteiger partial charge in [-0.2, -0.15) is 0 Å². The van der Waals surface area contributed by atoms with Gasteiger partial charge in [-0.05, 0) is 19.1 Å². The fourth-order valence-electron chi connectivity index (χ4n) is 1.17. The van der Waals surface area contributed by atoms with Crippen LogP contribution in [0.4, 0.5) is 0 Å². The number of nitrogens with one attached hydrogen (secondary N) is 1. The van der Waals surface area contributed by atoms with Gasteiger partial charge >= 0.3 is 0 Å². The van der Waals surface area contributed by atoms with Crippen molar-refractivity contribution in [1.82, 2.24) is 4.98 Å². The van der Waals surface area contributed by atoms with E-state index in [0.29, 0.717) is 16.3 Å². The number of hydrogen-bond donors (Lipinski definition) is 2. The molecule has 0 aliphatic rings. The van der Waals surface area contributed by atoms with Gasteiger partial charge < -0.3 is 5.73 Å². The first-order valence-electron chi connectivity index (χ1n) is 4.91. The van der Waals surface area contributed by atoms with Crippen molar-refractivity contribution in [1.29, 1.82) is 5.41 Å². The van der Waals surface area contributed by atoms with Crippen molar-refractivity contribution in [3.8, 4) is 0 Å². The second-order valence-corrected chi connectivity index (χ2v) is 7.10. The number of aromatic nitrogens is 1. The molecule has 1 rings (SSSR count). The Kier molecular flexibility index (Phi) is 4.53. The summed E-state index contributed by atoms with van der Waals surface area (Å²) in [4.78, 5) is 4.25. The maximum absolute atomic E-state index is 11.0. The summed E-state index contributed by atoms with van der Waals surface area (Å²) >= 11 is 1.35. The molecule has 0 atom stereocenters. The Morgan fingerprint density at radius 2 is 2.18 bits per heavy atom. The second kappa shape index (κ2) is 5.50. The monoisotopic (exact) mass is 273 g/mol. The summed E-state index contributed by atoms with van der Waals surface area (Å²) in [7, 11) is -2.95. The van der Waals surface area contributed by atoms with Crippen LogP contribution in [0.3, 0.4) is 0 Å². The van der Waals surface area contributed by atoms with Crippen LogP contribution in [0.1, 0.15) is 11.3 Å². The third-order valence-corrected chi connectivity index (χ3v) is 4.06. The quantitative estimate of drug-likeness (QED) is 0.470. The number of hydrogen-bond acceptors (Lipinski definition) is 5. The molecule has 0 fully saturated rings. The maximum Gasteiger partial charge on any atom is 0.148 e. The molecule has 0 spiro atoms. The molecule has 0 radical (unpaired) electrons. The molecule has 1 aromatic rings. The normalized spacial score (nSPS) is 11.4. The van der Waals surface area contributed by atoms with Crippen molar-refractivity contribution in [3.63, 3.8) is 0 Å². The van der Waals surface area contributed by atoms with Crippen LogP contribution >= 0.6 is 11.8 Å². The molecule has 7 heteroatoms. The second-order valence-electron chi connectivity index (χ2n) is 3.73. The number of nitrogen functional groups attached to an aromatic ring is 1. The van der Waals surface area contributed by atoms with Gasteiger partial charge in [-0.15, -0.1) is 11.8 Å². The Labute approximate surface area is 105 Å². The van der Waals surface area contributed by atoms with Gasteiger partial charge in [-0.1, -0.05) is 0 Å². The van der Waals surface area contributed by atoms with E-state index in [1.165, 1.54) is 18.0 Å². The minimum atomic E-state index is -2.95. The first-order chi connectivity index (χ1) is 7.78. The van der Waals surface area contributed by atoms with Gasteiger partial charge in [0.1, 0.15) is 15.7 Å². The van der Waals surface area contributed by atoms with Crippen LogP contribution < -0.4 is 5.73 Å². The van der Waals surface area contributed by atoms with Crippen molar-refractivity contribution < 1.29 is 8.42 Å². The summed E-state index contributed by atoms with van der Waals surface area (Å²) in [5.74, 6) is 0.551.